The molecule has 1 heterocycles. The summed E-state index contributed by atoms with van der Waals surface area (Å²) in [5, 5.41) is 8.95. The minimum atomic E-state index is -3.82. The van der Waals surface area contributed by atoms with Crippen molar-refractivity contribution >= 4 is 10.0 Å². The number of aliphatic hydroxyl groups excluding tert-OH is 1. The van der Waals surface area contributed by atoms with Gasteiger partial charge < -0.3 is 5.11 Å². The molecule has 0 aliphatic carbocycles. The molecule has 1 fully saturated rings. The molecular weight excluding hydrogens is 281 g/mol. The van der Waals surface area contributed by atoms with Gasteiger partial charge in [0.1, 0.15) is 10.7 Å². The summed E-state index contributed by atoms with van der Waals surface area (Å²) in [7, 11) is -3.82. The number of halogens is 1. The quantitative estimate of drug-likeness (QED) is 0.930. The van der Waals surface area contributed by atoms with E-state index < -0.39 is 15.8 Å². The molecular formula is C14H20FNO3S. The smallest absolute Gasteiger partial charge is 0.246 e. The normalized spacial score (nSPS) is 24.8. The predicted octanol–water partition coefficient (Wildman–Crippen LogP) is 2.13. The Balaban J connectivity index is 2.39. The summed E-state index contributed by atoms with van der Waals surface area (Å²) in [6, 6.07) is 3.62. The average Bonchev–Trinajstić information content (AvgIpc) is 2.41. The molecule has 1 aromatic rings. The number of nitrogens with zero attached hydrogens (tertiary/aromatic N) is 1. The van der Waals surface area contributed by atoms with E-state index >= 15 is 0 Å². The van der Waals surface area contributed by atoms with Gasteiger partial charge in [0, 0.05) is 12.6 Å². The fourth-order valence-electron chi connectivity index (χ4n) is 2.62. The van der Waals surface area contributed by atoms with Gasteiger partial charge >= 0.3 is 0 Å². The predicted molar refractivity (Wildman–Crippen MR) is 74.1 cm³/mol. The van der Waals surface area contributed by atoms with E-state index in [1.807, 2.05) is 13.8 Å². The van der Waals surface area contributed by atoms with Crippen molar-refractivity contribution in [2.24, 2.45) is 5.92 Å². The molecule has 1 aliphatic heterocycles. The molecule has 2 atom stereocenters. The Morgan fingerprint density at radius 3 is 2.70 bits per heavy atom. The van der Waals surface area contributed by atoms with Gasteiger partial charge in [-0.2, -0.15) is 4.31 Å². The zero-order valence-electron chi connectivity index (χ0n) is 11.7. The molecule has 112 valence electrons. The third-order valence-corrected chi connectivity index (χ3v) is 6.10. The molecule has 1 N–H and O–H groups in total. The number of sulfonamides is 1. The van der Waals surface area contributed by atoms with Gasteiger partial charge in [0.2, 0.25) is 10.0 Å². The second kappa shape index (κ2) is 5.79. The van der Waals surface area contributed by atoms with Crippen molar-refractivity contribution in [1.29, 1.82) is 0 Å². The number of aliphatic hydroxyl groups is 1. The molecule has 20 heavy (non-hydrogen) atoms. The van der Waals surface area contributed by atoms with Crippen molar-refractivity contribution in [3.63, 3.8) is 0 Å². The first-order valence-electron chi connectivity index (χ1n) is 6.79. The van der Waals surface area contributed by atoms with Gasteiger partial charge in [-0.3, -0.25) is 0 Å². The highest BCUT2D eigenvalue weighted by Gasteiger charge is 2.35. The zero-order chi connectivity index (χ0) is 14.9. The molecule has 6 heteroatoms. The lowest BCUT2D eigenvalue weighted by Gasteiger charge is -2.36. The van der Waals surface area contributed by atoms with Crippen molar-refractivity contribution < 1.29 is 17.9 Å². The monoisotopic (exact) mass is 301 g/mol. The highest BCUT2D eigenvalue weighted by molar-refractivity contribution is 7.89. The molecule has 0 spiro atoms. The molecule has 1 aliphatic rings. The van der Waals surface area contributed by atoms with E-state index in [9.17, 15) is 12.8 Å². The Bertz CT molecular complexity index is 588. The van der Waals surface area contributed by atoms with Gasteiger partial charge in [0.05, 0.1) is 6.61 Å². The lowest BCUT2D eigenvalue weighted by atomic mass is 9.94. The summed E-state index contributed by atoms with van der Waals surface area (Å²) in [6.45, 7) is 3.99. The fourth-order valence-corrected chi connectivity index (χ4v) is 4.43. The Hall–Kier alpha value is -0.980. The van der Waals surface area contributed by atoms with Crippen LogP contribution in [-0.4, -0.2) is 30.4 Å². The van der Waals surface area contributed by atoms with E-state index in [0.717, 1.165) is 18.9 Å². The van der Waals surface area contributed by atoms with Gasteiger partial charge in [-0.15, -0.1) is 0 Å². The molecule has 2 unspecified atom stereocenters. The van der Waals surface area contributed by atoms with E-state index in [-0.39, 0.29) is 23.5 Å². The summed E-state index contributed by atoms with van der Waals surface area (Å²) < 4.78 is 40.6. The molecule has 0 amide bonds. The summed E-state index contributed by atoms with van der Waals surface area (Å²) in [5.41, 5.74) is 0.363. The van der Waals surface area contributed by atoms with Crippen molar-refractivity contribution in [2.45, 2.75) is 44.2 Å². The van der Waals surface area contributed by atoms with Crippen LogP contribution in [0.3, 0.4) is 0 Å². The highest BCUT2D eigenvalue weighted by Crippen LogP contribution is 2.30. The van der Waals surface area contributed by atoms with E-state index in [0.29, 0.717) is 12.1 Å². The van der Waals surface area contributed by atoms with Gasteiger partial charge in [-0.1, -0.05) is 13.0 Å². The van der Waals surface area contributed by atoms with E-state index in [1.54, 1.807) is 0 Å². The summed E-state index contributed by atoms with van der Waals surface area (Å²) in [4.78, 5) is -0.310. The largest absolute Gasteiger partial charge is 0.392 e. The van der Waals surface area contributed by atoms with Crippen LogP contribution in [0.2, 0.25) is 0 Å². The number of benzene rings is 1. The molecule has 0 radical (unpaired) electrons. The van der Waals surface area contributed by atoms with Crippen LogP contribution in [0.15, 0.2) is 23.1 Å². The number of rotatable bonds is 3. The molecule has 0 aromatic heterocycles. The maximum atomic E-state index is 14.0. The SMILES string of the molecule is CC1CCCN(S(=O)(=O)c2ccc(CO)cc2F)C1C. The number of hydrogen-bond acceptors (Lipinski definition) is 3. The molecule has 0 bridgehead atoms. The summed E-state index contributed by atoms with van der Waals surface area (Å²) >= 11 is 0. The van der Waals surface area contributed by atoms with Crippen LogP contribution in [0.5, 0.6) is 0 Å². The topological polar surface area (TPSA) is 57.6 Å². The van der Waals surface area contributed by atoms with Crippen LogP contribution in [-0.2, 0) is 16.6 Å². The first-order chi connectivity index (χ1) is 9.37. The maximum absolute atomic E-state index is 14.0. The third-order valence-electron chi connectivity index (χ3n) is 4.08. The van der Waals surface area contributed by atoms with Crippen LogP contribution in [0, 0.1) is 11.7 Å². The highest BCUT2D eigenvalue weighted by atomic mass is 32.2. The Morgan fingerprint density at radius 2 is 2.10 bits per heavy atom. The van der Waals surface area contributed by atoms with Crippen molar-refractivity contribution in [3.05, 3.63) is 29.6 Å². The van der Waals surface area contributed by atoms with Gasteiger partial charge in [-0.05, 0) is 43.4 Å². The minimum Gasteiger partial charge on any atom is -0.392 e. The van der Waals surface area contributed by atoms with Crippen molar-refractivity contribution in [3.8, 4) is 0 Å². The second-order valence-electron chi connectivity index (χ2n) is 5.40. The average molecular weight is 301 g/mol. The molecule has 1 aromatic carbocycles. The molecule has 0 saturated carbocycles. The Morgan fingerprint density at radius 1 is 1.40 bits per heavy atom. The minimum absolute atomic E-state index is 0.134. The standard InChI is InChI=1S/C14H20FNO3S/c1-10-4-3-7-16(11(10)2)20(18,19)14-6-5-12(9-17)8-13(14)15/h5-6,8,10-11,17H,3-4,7,9H2,1-2H3. The third kappa shape index (κ3) is 2.73. The molecule has 1 saturated heterocycles. The van der Waals surface area contributed by atoms with Crippen molar-refractivity contribution in [1.82, 2.24) is 4.31 Å². The summed E-state index contributed by atoms with van der Waals surface area (Å²) in [5.74, 6) is -0.541. The van der Waals surface area contributed by atoms with Crippen LogP contribution in [0.25, 0.3) is 0 Å². The number of hydrogen-bond donors (Lipinski definition) is 1. The van der Waals surface area contributed by atoms with E-state index in [4.69, 9.17) is 5.11 Å². The molecule has 4 nitrogen and oxygen atoms in total. The van der Waals surface area contributed by atoms with Gasteiger partial charge in [0.25, 0.3) is 0 Å². The number of piperidine rings is 1. The summed E-state index contributed by atoms with van der Waals surface area (Å²) in [6.07, 6.45) is 1.78. The lowest BCUT2D eigenvalue weighted by molar-refractivity contribution is 0.202. The lowest BCUT2D eigenvalue weighted by Crippen LogP contribution is -2.46. The first kappa shape index (κ1) is 15.4. The maximum Gasteiger partial charge on any atom is 0.246 e. The Kier molecular flexibility index (Phi) is 4.46. The van der Waals surface area contributed by atoms with Crippen LogP contribution in [0.4, 0.5) is 4.39 Å². The van der Waals surface area contributed by atoms with Crippen LogP contribution >= 0.6 is 0 Å². The zero-order valence-corrected chi connectivity index (χ0v) is 12.5. The van der Waals surface area contributed by atoms with Crippen LogP contribution in [0.1, 0.15) is 32.3 Å². The van der Waals surface area contributed by atoms with E-state index in [1.165, 1.54) is 16.4 Å². The van der Waals surface area contributed by atoms with Crippen molar-refractivity contribution in [2.75, 3.05) is 6.54 Å². The van der Waals surface area contributed by atoms with Gasteiger partial charge in [-0.25, -0.2) is 12.8 Å². The Labute approximate surface area is 119 Å². The van der Waals surface area contributed by atoms with Gasteiger partial charge in [0.15, 0.2) is 0 Å². The second-order valence-corrected chi connectivity index (χ2v) is 7.26. The van der Waals surface area contributed by atoms with E-state index in [2.05, 4.69) is 0 Å². The fraction of sp³-hybridized carbons (Fsp3) is 0.571. The first-order valence-corrected chi connectivity index (χ1v) is 8.23. The van der Waals surface area contributed by atoms with Crippen LogP contribution < -0.4 is 0 Å². The molecule has 2 rings (SSSR count).